The fourth-order valence-corrected chi connectivity index (χ4v) is 2.53. The van der Waals surface area contributed by atoms with Gasteiger partial charge in [-0.25, -0.2) is 0 Å². The molecule has 21 heavy (non-hydrogen) atoms. The van der Waals surface area contributed by atoms with Crippen molar-refractivity contribution in [2.75, 3.05) is 0 Å². The van der Waals surface area contributed by atoms with Gasteiger partial charge >= 0.3 is 0 Å². The van der Waals surface area contributed by atoms with Crippen LogP contribution in [0.5, 0.6) is 0 Å². The van der Waals surface area contributed by atoms with Crippen LogP contribution in [0.4, 0.5) is 5.69 Å². The third-order valence-corrected chi connectivity index (χ3v) is 4.50. The van der Waals surface area contributed by atoms with Crippen molar-refractivity contribution in [3.63, 3.8) is 0 Å². The van der Waals surface area contributed by atoms with Crippen LogP contribution >= 0.6 is 0 Å². The molecule has 0 atom stereocenters. The maximum Gasteiger partial charge on any atom is 0.269 e. The Morgan fingerprint density at radius 2 is 1.43 bits per heavy atom. The normalized spacial score (nSPS) is 22.4. The molecule has 1 heterocycles. The fourth-order valence-electron chi connectivity index (χ4n) is 2.53. The molecule has 0 amide bonds. The van der Waals surface area contributed by atoms with E-state index in [0.29, 0.717) is 0 Å². The number of non-ortho nitro benzene ring substituents is 1. The van der Waals surface area contributed by atoms with Gasteiger partial charge in [0.2, 0.25) is 0 Å². The van der Waals surface area contributed by atoms with Gasteiger partial charge in [0, 0.05) is 23.6 Å². The smallest absolute Gasteiger partial charge is 0.269 e. The van der Waals surface area contributed by atoms with E-state index in [1.165, 1.54) is 12.1 Å². The van der Waals surface area contributed by atoms with Gasteiger partial charge in [0.05, 0.1) is 16.1 Å². The summed E-state index contributed by atoms with van der Waals surface area (Å²) in [5.41, 5.74) is -0.0473. The van der Waals surface area contributed by atoms with E-state index in [1.54, 1.807) is 12.1 Å². The summed E-state index contributed by atoms with van der Waals surface area (Å²) in [6.45, 7) is 12.1. The molecule has 0 spiro atoms. The van der Waals surface area contributed by atoms with Crippen LogP contribution in [-0.4, -0.2) is 16.1 Å². The van der Waals surface area contributed by atoms with Gasteiger partial charge in [-0.05, 0) is 39.8 Å². The first-order chi connectivity index (χ1) is 9.52. The van der Waals surface area contributed by atoms with Gasteiger partial charge in [-0.15, -0.1) is 0 Å². The third-order valence-electron chi connectivity index (χ3n) is 4.50. The summed E-state index contributed by atoms with van der Waals surface area (Å²) in [4.78, 5) is 10.4. The summed E-state index contributed by atoms with van der Waals surface area (Å²) in [6.07, 6.45) is 0. The third kappa shape index (κ3) is 2.45. The second kappa shape index (κ2) is 4.78. The molecule has 5 nitrogen and oxygen atoms in total. The van der Waals surface area contributed by atoms with Gasteiger partial charge in [0.15, 0.2) is 5.79 Å². The van der Waals surface area contributed by atoms with Crippen molar-refractivity contribution in [3.8, 4) is 0 Å². The zero-order valence-electron chi connectivity index (χ0n) is 13.5. The minimum absolute atomic E-state index is 0.0640. The molecule has 5 heteroatoms. The molecule has 1 aromatic rings. The molecular weight excluding hydrogens is 270 g/mol. The molecule has 1 saturated heterocycles. The highest BCUT2D eigenvalue weighted by atomic mass is 16.8. The van der Waals surface area contributed by atoms with Crippen molar-refractivity contribution in [3.05, 3.63) is 39.9 Å². The van der Waals surface area contributed by atoms with Gasteiger partial charge in [-0.1, -0.05) is 13.8 Å². The average molecular weight is 293 g/mol. The molecular formula is C16H23NO4. The van der Waals surface area contributed by atoms with Crippen molar-refractivity contribution in [1.29, 1.82) is 0 Å². The van der Waals surface area contributed by atoms with Gasteiger partial charge < -0.3 is 9.47 Å². The molecule has 1 aliphatic rings. The van der Waals surface area contributed by atoms with E-state index < -0.39 is 21.9 Å². The zero-order valence-corrected chi connectivity index (χ0v) is 13.5. The first-order valence-corrected chi connectivity index (χ1v) is 7.17. The molecule has 0 N–H and O–H groups in total. The fraction of sp³-hybridized carbons (Fsp3) is 0.625. The largest absolute Gasteiger partial charge is 0.337 e. The van der Waals surface area contributed by atoms with Crippen molar-refractivity contribution >= 4 is 5.69 Å². The number of nitro groups is 1. The lowest BCUT2D eigenvalue weighted by Crippen LogP contribution is -2.41. The summed E-state index contributed by atoms with van der Waals surface area (Å²) in [6, 6.07) is 6.42. The standard InChI is InChI=1S/C16H23NO4/c1-11(2)16(20-14(3,4)15(5,6)21-16)12-7-9-13(10-8-12)17(18)19/h7-11H,1-6H3. The SMILES string of the molecule is CC(C)C1(c2ccc([N+](=O)[O-])cc2)OC(C)(C)C(C)(C)O1. The van der Waals surface area contributed by atoms with Crippen LogP contribution < -0.4 is 0 Å². The van der Waals surface area contributed by atoms with Crippen molar-refractivity contribution in [2.45, 2.75) is 58.5 Å². The molecule has 2 rings (SSSR count). The quantitative estimate of drug-likeness (QED) is 0.624. The van der Waals surface area contributed by atoms with E-state index in [-0.39, 0.29) is 11.6 Å². The van der Waals surface area contributed by atoms with Crippen LogP contribution in [0.1, 0.15) is 47.1 Å². The number of nitrogens with zero attached hydrogens (tertiary/aromatic N) is 1. The van der Waals surface area contributed by atoms with E-state index >= 15 is 0 Å². The Bertz CT molecular complexity index is 530. The summed E-state index contributed by atoms with van der Waals surface area (Å²) < 4.78 is 12.6. The monoisotopic (exact) mass is 293 g/mol. The number of hydrogen-bond acceptors (Lipinski definition) is 4. The number of nitro benzene ring substituents is 1. The first-order valence-electron chi connectivity index (χ1n) is 7.17. The predicted molar refractivity (Wildman–Crippen MR) is 79.9 cm³/mol. The van der Waals surface area contributed by atoms with Gasteiger partial charge in [0.25, 0.3) is 5.69 Å². The highest BCUT2D eigenvalue weighted by molar-refractivity contribution is 5.35. The van der Waals surface area contributed by atoms with Gasteiger partial charge in [-0.2, -0.15) is 0 Å². The Labute approximate surface area is 125 Å². The highest BCUT2D eigenvalue weighted by Gasteiger charge is 2.59. The summed E-state index contributed by atoms with van der Waals surface area (Å²) in [5, 5.41) is 10.8. The molecule has 1 aromatic carbocycles. The first kappa shape index (κ1) is 15.9. The molecule has 0 aliphatic carbocycles. The van der Waals surface area contributed by atoms with Crippen LogP contribution in [-0.2, 0) is 15.3 Å². The van der Waals surface area contributed by atoms with Gasteiger partial charge in [0.1, 0.15) is 0 Å². The topological polar surface area (TPSA) is 61.6 Å². The Hall–Kier alpha value is -1.46. The Morgan fingerprint density at radius 3 is 1.76 bits per heavy atom. The second-order valence-corrected chi connectivity index (χ2v) is 6.85. The molecule has 0 aromatic heterocycles. The van der Waals surface area contributed by atoms with E-state index in [4.69, 9.17) is 9.47 Å². The minimum atomic E-state index is -0.887. The Morgan fingerprint density at radius 1 is 1.00 bits per heavy atom. The summed E-state index contributed by atoms with van der Waals surface area (Å²) in [7, 11) is 0. The van der Waals surface area contributed by atoms with E-state index in [2.05, 4.69) is 0 Å². The van der Waals surface area contributed by atoms with E-state index in [1.807, 2.05) is 41.5 Å². The van der Waals surface area contributed by atoms with Crippen LogP contribution in [0.25, 0.3) is 0 Å². The van der Waals surface area contributed by atoms with Crippen molar-refractivity contribution in [2.24, 2.45) is 5.92 Å². The van der Waals surface area contributed by atoms with E-state index in [0.717, 1.165) is 5.56 Å². The maximum atomic E-state index is 10.8. The molecule has 0 saturated carbocycles. The Kier molecular flexibility index (Phi) is 3.62. The number of ether oxygens (including phenoxy) is 2. The molecule has 0 radical (unpaired) electrons. The molecule has 1 fully saturated rings. The molecule has 116 valence electrons. The minimum Gasteiger partial charge on any atom is -0.337 e. The lowest BCUT2D eigenvalue weighted by Gasteiger charge is -2.33. The van der Waals surface area contributed by atoms with Crippen LogP contribution in [0, 0.1) is 16.0 Å². The highest BCUT2D eigenvalue weighted by Crippen LogP contribution is 2.52. The predicted octanol–water partition coefficient (Wildman–Crippen LogP) is 4.01. The number of hydrogen-bond donors (Lipinski definition) is 0. The second-order valence-electron chi connectivity index (χ2n) is 6.85. The lowest BCUT2D eigenvalue weighted by molar-refractivity contribution is -0.384. The Balaban J connectivity index is 2.48. The zero-order chi connectivity index (χ0) is 16.1. The van der Waals surface area contributed by atoms with Crippen molar-refractivity contribution < 1.29 is 14.4 Å². The van der Waals surface area contributed by atoms with Crippen LogP contribution in [0.3, 0.4) is 0 Å². The summed E-state index contributed by atoms with van der Waals surface area (Å²) in [5.74, 6) is -0.817. The van der Waals surface area contributed by atoms with Crippen LogP contribution in [0.2, 0.25) is 0 Å². The molecule has 0 unspecified atom stereocenters. The van der Waals surface area contributed by atoms with E-state index in [9.17, 15) is 10.1 Å². The number of benzene rings is 1. The lowest BCUT2D eigenvalue weighted by atomic mass is 9.90. The molecule has 1 aliphatic heterocycles. The average Bonchev–Trinajstić information content (AvgIpc) is 2.56. The number of rotatable bonds is 3. The molecule has 0 bridgehead atoms. The van der Waals surface area contributed by atoms with Gasteiger partial charge in [-0.3, -0.25) is 10.1 Å². The summed E-state index contributed by atoms with van der Waals surface area (Å²) >= 11 is 0. The maximum absolute atomic E-state index is 10.8. The van der Waals surface area contributed by atoms with Crippen LogP contribution in [0.15, 0.2) is 24.3 Å². The van der Waals surface area contributed by atoms with Crippen molar-refractivity contribution in [1.82, 2.24) is 0 Å².